The maximum Gasteiger partial charge on any atom is 0.247 e. The van der Waals surface area contributed by atoms with Crippen molar-refractivity contribution in [3.05, 3.63) is 58.9 Å². The van der Waals surface area contributed by atoms with Gasteiger partial charge in [-0.15, -0.1) is 10.2 Å². The minimum atomic E-state index is -0.850. The summed E-state index contributed by atoms with van der Waals surface area (Å²) in [6.45, 7) is 3.92. The Morgan fingerprint density at radius 1 is 1.19 bits per heavy atom. The van der Waals surface area contributed by atoms with E-state index in [1.54, 1.807) is 35.2 Å². The van der Waals surface area contributed by atoms with Crippen LogP contribution in [0, 0.1) is 5.82 Å². The molecule has 1 aliphatic rings. The molecule has 2 aromatic carbocycles. The highest BCUT2D eigenvalue weighted by molar-refractivity contribution is 7.99. The number of thioether (sulfide) groups is 1. The van der Waals surface area contributed by atoms with Crippen molar-refractivity contribution in [2.24, 2.45) is 0 Å². The molecule has 31 heavy (non-hydrogen) atoms. The second-order valence-corrected chi connectivity index (χ2v) is 8.55. The maximum absolute atomic E-state index is 13.6. The number of rotatable bonds is 5. The summed E-state index contributed by atoms with van der Waals surface area (Å²) >= 11 is 7.71. The Labute approximate surface area is 188 Å². The van der Waals surface area contributed by atoms with E-state index in [9.17, 15) is 9.18 Å². The van der Waals surface area contributed by atoms with E-state index in [1.807, 2.05) is 13.8 Å². The number of fused-ring (bicyclic) bond motifs is 3. The highest BCUT2D eigenvalue weighted by Crippen LogP contribution is 2.44. The van der Waals surface area contributed by atoms with Gasteiger partial charge >= 0.3 is 0 Å². The van der Waals surface area contributed by atoms with E-state index in [2.05, 4.69) is 15.2 Å². The SMILES string of the molecule is CCCC(=O)N1c2ccc(Cl)cc2-c2nnc(SCC)nc2O[C@H]1c1ccc(F)cc1. The average molecular weight is 459 g/mol. The third-order valence-corrected chi connectivity index (χ3v) is 5.68. The predicted molar refractivity (Wildman–Crippen MR) is 119 cm³/mol. The first-order valence-electron chi connectivity index (χ1n) is 9.93. The molecule has 0 saturated carbocycles. The number of halogens is 2. The molecule has 6 nitrogen and oxygen atoms in total. The lowest BCUT2D eigenvalue weighted by molar-refractivity contribution is -0.120. The van der Waals surface area contributed by atoms with Crippen LogP contribution in [0.3, 0.4) is 0 Å². The molecule has 0 bridgehead atoms. The van der Waals surface area contributed by atoms with Crippen LogP contribution in [0.4, 0.5) is 10.1 Å². The number of nitrogens with zero attached hydrogens (tertiary/aromatic N) is 4. The summed E-state index contributed by atoms with van der Waals surface area (Å²) in [5.41, 5.74) is 2.20. The van der Waals surface area contributed by atoms with Crippen molar-refractivity contribution >= 4 is 35.0 Å². The van der Waals surface area contributed by atoms with E-state index in [4.69, 9.17) is 16.3 Å². The number of benzene rings is 2. The van der Waals surface area contributed by atoms with E-state index in [0.29, 0.717) is 45.5 Å². The molecular formula is C22H20ClFN4O2S. The lowest BCUT2D eigenvalue weighted by Gasteiger charge is -2.31. The van der Waals surface area contributed by atoms with Crippen molar-refractivity contribution in [3.8, 4) is 17.1 Å². The summed E-state index contributed by atoms with van der Waals surface area (Å²) in [5, 5.41) is 9.50. The Bertz CT molecular complexity index is 1110. The summed E-state index contributed by atoms with van der Waals surface area (Å²) in [5.74, 6) is 0.507. The number of amides is 1. The van der Waals surface area contributed by atoms with Crippen LogP contribution in [0.25, 0.3) is 11.3 Å². The van der Waals surface area contributed by atoms with Crippen LogP contribution in [0.15, 0.2) is 47.6 Å². The van der Waals surface area contributed by atoms with Crippen molar-refractivity contribution < 1.29 is 13.9 Å². The standard InChI is InChI=1S/C22H20ClFN4O2S/c1-3-5-18(29)28-17-11-8-14(23)12-16(17)19-20(25-22(27-26-19)31-4-2)30-21(28)13-6-9-15(24)10-7-13/h6-12,21H,3-5H2,1-2H3/t21-/m0/s1. The van der Waals surface area contributed by atoms with Crippen LogP contribution >= 0.6 is 23.4 Å². The third kappa shape index (κ3) is 4.36. The van der Waals surface area contributed by atoms with Gasteiger partial charge in [-0.25, -0.2) is 4.39 Å². The van der Waals surface area contributed by atoms with Crippen LogP contribution in [-0.4, -0.2) is 26.8 Å². The van der Waals surface area contributed by atoms with Gasteiger partial charge in [-0.1, -0.05) is 49.3 Å². The minimum absolute atomic E-state index is 0.135. The Balaban J connectivity index is 1.95. The normalized spacial score (nSPS) is 15.0. The van der Waals surface area contributed by atoms with E-state index in [0.717, 1.165) is 5.75 Å². The van der Waals surface area contributed by atoms with Gasteiger partial charge in [0, 0.05) is 22.6 Å². The highest BCUT2D eigenvalue weighted by Gasteiger charge is 2.35. The van der Waals surface area contributed by atoms with E-state index < -0.39 is 6.23 Å². The lowest BCUT2D eigenvalue weighted by atomic mass is 10.1. The number of ether oxygens (including phenoxy) is 1. The monoisotopic (exact) mass is 458 g/mol. The molecule has 0 fully saturated rings. The third-order valence-electron chi connectivity index (χ3n) is 4.73. The molecule has 3 aromatic rings. The van der Waals surface area contributed by atoms with Crippen molar-refractivity contribution in [1.29, 1.82) is 0 Å². The first-order chi connectivity index (χ1) is 15.0. The smallest absolute Gasteiger partial charge is 0.247 e. The lowest BCUT2D eigenvalue weighted by Crippen LogP contribution is -2.37. The summed E-state index contributed by atoms with van der Waals surface area (Å²) in [4.78, 5) is 19.4. The molecule has 0 radical (unpaired) electrons. The molecule has 0 unspecified atom stereocenters. The second kappa shape index (κ2) is 9.20. The first kappa shape index (κ1) is 21.5. The van der Waals surface area contributed by atoms with Crippen LogP contribution in [0.5, 0.6) is 5.88 Å². The Morgan fingerprint density at radius 2 is 1.97 bits per heavy atom. The van der Waals surface area contributed by atoms with Crippen LogP contribution < -0.4 is 9.64 Å². The van der Waals surface area contributed by atoms with Gasteiger partial charge in [-0.05, 0) is 42.5 Å². The fraction of sp³-hybridized carbons (Fsp3) is 0.273. The number of anilines is 1. The van der Waals surface area contributed by atoms with Gasteiger partial charge in [-0.3, -0.25) is 9.69 Å². The molecule has 0 saturated heterocycles. The predicted octanol–water partition coefficient (Wildman–Crippen LogP) is 5.67. The fourth-order valence-electron chi connectivity index (χ4n) is 3.38. The summed E-state index contributed by atoms with van der Waals surface area (Å²) in [7, 11) is 0. The largest absolute Gasteiger partial charge is 0.447 e. The van der Waals surface area contributed by atoms with Crippen LogP contribution in [0.2, 0.25) is 5.02 Å². The number of carbonyl (C=O) groups excluding carboxylic acids is 1. The maximum atomic E-state index is 13.6. The zero-order valence-electron chi connectivity index (χ0n) is 17.0. The average Bonchev–Trinajstić information content (AvgIpc) is 2.89. The summed E-state index contributed by atoms with van der Waals surface area (Å²) in [6.07, 6.45) is 0.128. The van der Waals surface area contributed by atoms with Crippen molar-refractivity contribution in [2.75, 3.05) is 10.7 Å². The number of carbonyl (C=O) groups is 1. The number of aromatic nitrogens is 3. The van der Waals surface area contributed by atoms with Crippen molar-refractivity contribution in [3.63, 3.8) is 0 Å². The Kier molecular flexibility index (Phi) is 6.38. The van der Waals surface area contributed by atoms with Gasteiger partial charge in [0.1, 0.15) is 5.82 Å². The van der Waals surface area contributed by atoms with Gasteiger partial charge in [0.15, 0.2) is 5.69 Å². The van der Waals surface area contributed by atoms with Gasteiger partial charge in [0.05, 0.1) is 5.69 Å². The highest BCUT2D eigenvalue weighted by atomic mass is 35.5. The molecule has 1 aliphatic heterocycles. The Hall–Kier alpha value is -2.71. The van der Waals surface area contributed by atoms with Gasteiger partial charge in [0.2, 0.25) is 23.2 Å². The molecule has 0 aliphatic carbocycles. The minimum Gasteiger partial charge on any atom is -0.447 e. The molecule has 160 valence electrons. The number of hydrogen-bond donors (Lipinski definition) is 0. The van der Waals surface area contributed by atoms with Gasteiger partial charge in [-0.2, -0.15) is 4.98 Å². The summed E-state index contributed by atoms with van der Waals surface area (Å²) in [6, 6.07) is 11.1. The van der Waals surface area contributed by atoms with Gasteiger partial charge in [0.25, 0.3) is 0 Å². The molecule has 1 amide bonds. The molecule has 0 N–H and O–H groups in total. The van der Waals surface area contributed by atoms with Crippen LogP contribution in [0.1, 0.15) is 38.5 Å². The molecule has 2 heterocycles. The van der Waals surface area contributed by atoms with Crippen LogP contribution in [-0.2, 0) is 4.79 Å². The molecule has 1 aromatic heterocycles. The molecule has 9 heteroatoms. The molecule has 4 rings (SSSR count). The van der Waals surface area contributed by atoms with E-state index in [1.165, 1.54) is 23.9 Å². The van der Waals surface area contributed by atoms with E-state index in [-0.39, 0.29) is 17.6 Å². The van der Waals surface area contributed by atoms with E-state index >= 15 is 0 Å². The topological polar surface area (TPSA) is 68.2 Å². The zero-order chi connectivity index (χ0) is 22.0. The molecule has 0 spiro atoms. The number of hydrogen-bond acceptors (Lipinski definition) is 6. The van der Waals surface area contributed by atoms with Crippen molar-refractivity contribution in [2.45, 2.75) is 38.1 Å². The second-order valence-electron chi connectivity index (χ2n) is 6.88. The molecular weight excluding hydrogens is 439 g/mol. The van der Waals surface area contributed by atoms with Crippen molar-refractivity contribution in [1.82, 2.24) is 15.2 Å². The zero-order valence-corrected chi connectivity index (χ0v) is 18.6. The summed E-state index contributed by atoms with van der Waals surface area (Å²) < 4.78 is 19.9. The quantitative estimate of drug-likeness (QED) is 0.459. The Morgan fingerprint density at radius 3 is 2.68 bits per heavy atom. The first-order valence-corrected chi connectivity index (χ1v) is 11.3. The molecule has 1 atom stereocenters. The fourth-order valence-corrected chi connectivity index (χ4v) is 4.05. The van der Waals surface area contributed by atoms with Gasteiger partial charge < -0.3 is 4.74 Å².